The number of amides is 1. The van der Waals surface area contributed by atoms with Gasteiger partial charge in [0.25, 0.3) is 5.91 Å². The van der Waals surface area contributed by atoms with Crippen molar-refractivity contribution in [1.82, 2.24) is 10.2 Å². The summed E-state index contributed by atoms with van der Waals surface area (Å²) in [5.41, 5.74) is 0.861. The van der Waals surface area contributed by atoms with Crippen LogP contribution < -0.4 is 10.6 Å². The van der Waals surface area contributed by atoms with E-state index in [1.54, 1.807) is 12.1 Å². The Bertz CT molecular complexity index is 1010. The quantitative estimate of drug-likeness (QED) is 0.654. The fourth-order valence-corrected chi connectivity index (χ4v) is 2.25. The summed E-state index contributed by atoms with van der Waals surface area (Å²) in [5, 5.41) is 12.8. The predicted molar refractivity (Wildman–Crippen MR) is 97.4 cm³/mol. The highest BCUT2D eigenvalue weighted by Crippen LogP contribution is 2.19. The van der Waals surface area contributed by atoms with Crippen LogP contribution in [0.5, 0.6) is 0 Å². The Morgan fingerprint density at radius 1 is 0.964 bits per heavy atom. The van der Waals surface area contributed by atoms with Crippen LogP contribution in [0.3, 0.4) is 0 Å². The van der Waals surface area contributed by atoms with E-state index >= 15 is 0 Å². The predicted octanol–water partition coefficient (Wildman–Crippen LogP) is 3.54. The summed E-state index contributed by atoms with van der Waals surface area (Å²) in [6.07, 6.45) is 0. The summed E-state index contributed by atoms with van der Waals surface area (Å²) in [6, 6.07) is 12.0. The molecule has 0 aliphatic carbocycles. The Labute approximate surface area is 158 Å². The molecule has 3 rings (SSSR count). The second kappa shape index (κ2) is 8.21. The number of carbonyl (C=O) groups is 2. The monoisotopic (exact) mass is 384 g/mol. The lowest BCUT2D eigenvalue weighted by Gasteiger charge is -2.08. The molecule has 0 saturated carbocycles. The lowest BCUT2D eigenvalue weighted by Crippen LogP contribution is -2.14. The number of esters is 1. The van der Waals surface area contributed by atoms with Gasteiger partial charge in [0.15, 0.2) is 11.5 Å². The second-order valence-electron chi connectivity index (χ2n) is 5.58. The molecule has 2 N–H and O–H groups in total. The lowest BCUT2D eigenvalue weighted by molar-refractivity contribution is 0.0600. The molecule has 0 aliphatic rings. The summed E-state index contributed by atoms with van der Waals surface area (Å²) in [4.78, 5) is 23.6. The highest BCUT2D eigenvalue weighted by molar-refractivity contribution is 6.03. The average molecular weight is 384 g/mol. The molecule has 7 nitrogen and oxygen atoms in total. The van der Waals surface area contributed by atoms with Crippen molar-refractivity contribution in [3.63, 3.8) is 0 Å². The van der Waals surface area contributed by atoms with Crippen LogP contribution in [0.15, 0.2) is 54.6 Å². The van der Waals surface area contributed by atoms with E-state index in [2.05, 4.69) is 25.6 Å². The van der Waals surface area contributed by atoms with Gasteiger partial charge in [0.05, 0.1) is 18.4 Å². The van der Waals surface area contributed by atoms with Gasteiger partial charge < -0.3 is 15.4 Å². The number of halogens is 2. The Balaban J connectivity index is 1.65. The minimum atomic E-state index is -0.779. The zero-order valence-electron chi connectivity index (χ0n) is 14.6. The molecule has 0 bridgehead atoms. The molecule has 0 atom stereocenters. The third-order valence-corrected chi connectivity index (χ3v) is 3.65. The van der Waals surface area contributed by atoms with Crippen molar-refractivity contribution in [2.24, 2.45) is 0 Å². The molecule has 0 saturated heterocycles. The minimum Gasteiger partial charge on any atom is -0.465 e. The fourth-order valence-electron chi connectivity index (χ4n) is 2.25. The summed E-state index contributed by atoms with van der Waals surface area (Å²) in [5.74, 6) is -2.29. The highest BCUT2D eigenvalue weighted by Gasteiger charge is 2.11. The number of hydrogen-bond donors (Lipinski definition) is 2. The molecule has 28 heavy (non-hydrogen) atoms. The summed E-state index contributed by atoms with van der Waals surface area (Å²) in [6.45, 7) is 0. The number of nitrogens with zero attached hydrogens (tertiary/aromatic N) is 2. The average Bonchev–Trinajstić information content (AvgIpc) is 2.70. The van der Waals surface area contributed by atoms with Gasteiger partial charge in [-0.2, -0.15) is 0 Å². The molecule has 0 unspecified atom stereocenters. The zero-order chi connectivity index (χ0) is 20.1. The van der Waals surface area contributed by atoms with Gasteiger partial charge in [-0.3, -0.25) is 4.79 Å². The van der Waals surface area contributed by atoms with E-state index in [4.69, 9.17) is 0 Å². The molecule has 1 aromatic heterocycles. The molecule has 9 heteroatoms. The first kappa shape index (κ1) is 18.9. The second-order valence-corrected chi connectivity index (χ2v) is 5.58. The number of hydrogen-bond acceptors (Lipinski definition) is 6. The van der Waals surface area contributed by atoms with Gasteiger partial charge in [0, 0.05) is 11.8 Å². The van der Waals surface area contributed by atoms with Gasteiger partial charge in [-0.1, -0.05) is 0 Å². The molecule has 3 aromatic rings. The number of methoxy groups -OCH3 is 1. The molecular weight excluding hydrogens is 370 g/mol. The van der Waals surface area contributed by atoms with Crippen LogP contribution in [0.4, 0.5) is 26.0 Å². The van der Waals surface area contributed by atoms with Gasteiger partial charge in [-0.25, -0.2) is 13.6 Å². The first-order valence-electron chi connectivity index (χ1n) is 8.02. The molecule has 0 aliphatic heterocycles. The fraction of sp³-hybridized carbons (Fsp3) is 0.0526. The number of anilines is 3. The number of carbonyl (C=O) groups excluding carboxylic acids is 2. The van der Waals surface area contributed by atoms with Crippen molar-refractivity contribution >= 4 is 29.1 Å². The number of benzene rings is 2. The van der Waals surface area contributed by atoms with Crippen LogP contribution in [0.1, 0.15) is 20.8 Å². The van der Waals surface area contributed by atoms with Crippen LogP contribution >= 0.6 is 0 Å². The van der Waals surface area contributed by atoms with Gasteiger partial charge in [-0.05, 0) is 48.5 Å². The molecule has 1 amide bonds. The maximum absolute atomic E-state index is 13.6. The van der Waals surface area contributed by atoms with Crippen LogP contribution in [-0.2, 0) is 4.74 Å². The molecule has 142 valence electrons. The van der Waals surface area contributed by atoms with Crippen molar-refractivity contribution < 1.29 is 23.1 Å². The van der Waals surface area contributed by atoms with Crippen LogP contribution in [-0.4, -0.2) is 29.2 Å². The molecular formula is C19H14F2N4O3. The van der Waals surface area contributed by atoms with Crippen LogP contribution in [0.2, 0.25) is 0 Å². The Morgan fingerprint density at radius 3 is 2.32 bits per heavy atom. The highest BCUT2D eigenvalue weighted by atomic mass is 19.1. The van der Waals surface area contributed by atoms with Crippen molar-refractivity contribution in [3.8, 4) is 0 Å². The van der Waals surface area contributed by atoms with Gasteiger partial charge in [-0.15, -0.1) is 10.2 Å². The first-order valence-corrected chi connectivity index (χ1v) is 8.02. The zero-order valence-corrected chi connectivity index (χ0v) is 14.6. The largest absolute Gasteiger partial charge is 0.465 e. The van der Waals surface area contributed by atoms with Crippen molar-refractivity contribution in [1.29, 1.82) is 0 Å². The van der Waals surface area contributed by atoms with E-state index in [1.807, 2.05) is 0 Å². The van der Waals surface area contributed by atoms with E-state index in [0.29, 0.717) is 11.3 Å². The summed E-state index contributed by atoms with van der Waals surface area (Å²) >= 11 is 0. The molecule has 0 fully saturated rings. The molecule has 0 radical (unpaired) electrons. The SMILES string of the molecule is COC(=O)c1ccc(NC(=O)c2ccc(Nc3ccc(F)cc3F)nn2)cc1. The van der Waals surface area contributed by atoms with E-state index in [-0.39, 0.29) is 17.2 Å². The van der Waals surface area contributed by atoms with Crippen molar-refractivity contribution in [2.45, 2.75) is 0 Å². The van der Waals surface area contributed by atoms with Gasteiger partial charge in [0.1, 0.15) is 11.6 Å². The van der Waals surface area contributed by atoms with E-state index < -0.39 is 23.5 Å². The van der Waals surface area contributed by atoms with E-state index in [9.17, 15) is 18.4 Å². The Morgan fingerprint density at radius 2 is 1.71 bits per heavy atom. The van der Waals surface area contributed by atoms with Gasteiger partial charge >= 0.3 is 5.97 Å². The number of ether oxygens (including phenoxy) is 1. The number of rotatable bonds is 5. The van der Waals surface area contributed by atoms with Crippen LogP contribution in [0, 0.1) is 11.6 Å². The standard InChI is InChI=1S/C19H14F2N4O3/c1-28-19(27)11-2-5-13(6-3-11)22-18(26)16-8-9-17(25-24-16)23-15-7-4-12(20)10-14(15)21/h2-10H,1H3,(H,22,26)(H,23,25). The van der Waals surface area contributed by atoms with Crippen molar-refractivity contribution in [3.05, 3.63) is 77.5 Å². The Hall–Kier alpha value is -3.88. The molecule has 0 spiro atoms. The first-order chi connectivity index (χ1) is 13.5. The maximum atomic E-state index is 13.6. The van der Waals surface area contributed by atoms with Gasteiger partial charge in [0.2, 0.25) is 0 Å². The van der Waals surface area contributed by atoms with E-state index in [1.165, 1.54) is 37.4 Å². The number of aromatic nitrogens is 2. The van der Waals surface area contributed by atoms with E-state index in [0.717, 1.165) is 12.1 Å². The maximum Gasteiger partial charge on any atom is 0.337 e. The third kappa shape index (κ3) is 4.44. The van der Waals surface area contributed by atoms with Crippen LogP contribution in [0.25, 0.3) is 0 Å². The molecule has 2 aromatic carbocycles. The normalized spacial score (nSPS) is 10.2. The summed E-state index contributed by atoms with van der Waals surface area (Å²) in [7, 11) is 1.28. The molecule has 1 heterocycles. The summed E-state index contributed by atoms with van der Waals surface area (Å²) < 4.78 is 31.2. The minimum absolute atomic E-state index is 0.0265. The smallest absolute Gasteiger partial charge is 0.337 e. The van der Waals surface area contributed by atoms with Crippen molar-refractivity contribution in [2.75, 3.05) is 17.7 Å². The Kier molecular flexibility index (Phi) is 5.54. The topological polar surface area (TPSA) is 93.2 Å². The lowest BCUT2D eigenvalue weighted by atomic mass is 10.2. The number of nitrogens with one attached hydrogen (secondary N) is 2. The third-order valence-electron chi connectivity index (χ3n) is 3.65.